The molecule has 0 saturated heterocycles. The summed E-state index contributed by atoms with van der Waals surface area (Å²) < 4.78 is 13.9. The quantitative estimate of drug-likeness (QED) is 0.166. The van der Waals surface area contributed by atoms with Gasteiger partial charge in [0.2, 0.25) is 0 Å². The molecule has 0 fully saturated rings. The highest BCUT2D eigenvalue weighted by molar-refractivity contribution is 6.12. The number of nitrogens with zero attached hydrogens (tertiary/aromatic N) is 7. The lowest BCUT2D eigenvalue weighted by Gasteiger charge is -2.39. The van der Waals surface area contributed by atoms with E-state index in [-0.39, 0.29) is 0 Å². The van der Waals surface area contributed by atoms with Gasteiger partial charge in [-0.3, -0.25) is 9.97 Å². The topological polar surface area (TPSA) is 58.5 Å². The zero-order chi connectivity index (χ0) is 45.5. The van der Waals surface area contributed by atoms with Gasteiger partial charge in [-0.1, -0.05) is 103 Å². The lowest BCUT2D eigenvalue weighted by atomic mass is 9.66. The Hall–Kier alpha value is -9.76. The van der Waals surface area contributed by atoms with E-state index in [2.05, 4.69) is 169 Å². The zero-order valence-electron chi connectivity index (χ0n) is 36.6. The van der Waals surface area contributed by atoms with Crippen molar-refractivity contribution in [3.63, 3.8) is 0 Å². The van der Waals surface area contributed by atoms with Crippen LogP contribution in [0.5, 0.6) is 11.5 Å². The molecule has 0 N–H and O–H groups in total. The van der Waals surface area contributed by atoms with Crippen LogP contribution >= 0.6 is 0 Å². The Balaban J connectivity index is 1.07. The number of hydrogen-bond donors (Lipinski definition) is 0. The van der Waals surface area contributed by atoms with Crippen LogP contribution in [0.1, 0.15) is 22.3 Å². The number of para-hydroxylation sites is 5. The van der Waals surface area contributed by atoms with E-state index in [1.54, 1.807) is 0 Å². The molecule has 69 heavy (non-hydrogen) atoms. The number of fused-ring (bicyclic) bond motifs is 18. The normalized spacial score (nSPS) is 14.5. The summed E-state index contributed by atoms with van der Waals surface area (Å²) in [6.45, 7) is 15.7. The van der Waals surface area contributed by atoms with E-state index < -0.39 is 5.41 Å². The first-order valence-corrected chi connectivity index (χ1v) is 22.9. The second-order valence-corrected chi connectivity index (χ2v) is 17.9. The number of hydrogen-bond acceptors (Lipinski definition) is 3. The molecule has 1 aliphatic heterocycles. The SMILES string of the molecule is [C-]#[N+]c1ccc2c(c1)c1cc([N+]#[C-])ccc1n2-c1cnc2c(c1)C1(c3ccccc3Oc3ccc(-n4c5ccccc5c5ccccc54)cc31)c1cc(-n3c4ccccc4c4ccccc43)cnc1-2. The molecular weight excluding hydrogens is 847 g/mol. The van der Waals surface area contributed by atoms with Gasteiger partial charge < -0.3 is 18.4 Å². The molecule has 5 aromatic heterocycles. The van der Waals surface area contributed by atoms with Crippen molar-refractivity contribution >= 4 is 76.8 Å². The summed E-state index contributed by atoms with van der Waals surface area (Å²) in [5, 5.41) is 6.52. The maximum Gasteiger partial charge on any atom is 0.188 e. The Morgan fingerprint density at radius 1 is 0.362 bits per heavy atom. The molecule has 1 atom stereocenters. The molecular formula is C61H33N7O. The van der Waals surface area contributed by atoms with Gasteiger partial charge in [0.1, 0.15) is 11.5 Å². The second kappa shape index (κ2) is 13.6. The molecule has 8 heteroatoms. The summed E-state index contributed by atoms with van der Waals surface area (Å²) in [5.74, 6) is 1.51. The van der Waals surface area contributed by atoms with Crippen molar-refractivity contribution in [2.45, 2.75) is 5.41 Å². The van der Waals surface area contributed by atoms with Gasteiger partial charge in [-0.2, -0.15) is 0 Å². The Morgan fingerprint density at radius 2 is 0.768 bits per heavy atom. The fourth-order valence-electron chi connectivity index (χ4n) is 11.8. The molecule has 13 aromatic rings. The first kappa shape index (κ1) is 37.5. The van der Waals surface area contributed by atoms with Crippen LogP contribution in [-0.4, -0.2) is 23.7 Å². The zero-order valence-corrected chi connectivity index (χ0v) is 36.6. The lowest BCUT2D eigenvalue weighted by Crippen LogP contribution is -2.32. The summed E-state index contributed by atoms with van der Waals surface area (Å²) in [4.78, 5) is 18.5. The molecule has 1 spiro atoms. The van der Waals surface area contributed by atoms with E-state index in [4.69, 9.17) is 27.8 Å². The van der Waals surface area contributed by atoms with Gasteiger partial charge in [0.05, 0.1) is 86.8 Å². The summed E-state index contributed by atoms with van der Waals surface area (Å²) >= 11 is 0. The van der Waals surface area contributed by atoms with Crippen molar-refractivity contribution in [3.05, 3.63) is 246 Å². The summed E-state index contributed by atoms with van der Waals surface area (Å²) in [7, 11) is 0. The molecule has 0 radical (unpaired) electrons. The molecule has 0 amide bonds. The Bertz CT molecular complexity index is 4340. The van der Waals surface area contributed by atoms with E-state index in [0.717, 1.165) is 106 Å². The minimum absolute atomic E-state index is 0.538. The predicted octanol–water partition coefficient (Wildman–Crippen LogP) is 15.3. The molecule has 0 saturated carbocycles. The summed E-state index contributed by atoms with van der Waals surface area (Å²) in [6, 6.07) is 65.6. The predicted molar refractivity (Wildman–Crippen MR) is 275 cm³/mol. The molecule has 2 aliphatic rings. The Kier molecular flexibility index (Phi) is 7.41. The van der Waals surface area contributed by atoms with Crippen molar-refractivity contribution in [1.82, 2.24) is 23.7 Å². The minimum atomic E-state index is -0.971. The third-order valence-electron chi connectivity index (χ3n) is 14.6. The molecule has 6 heterocycles. The van der Waals surface area contributed by atoms with Gasteiger partial charge in [-0.25, -0.2) is 9.69 Å². The average molecular weight is 880 g/mol. The van der Waals surface area contributed by atoms with Crippen LogP contribution < -0.4 is 4.74 Å². The number of benzene rings is 8. The smallest absolute Gasteiger partial charge is 0.188 e. The molecule has 8 aromatic carbocycles. The standard InChI is InChI=1S/C61H33N7O/c1-62-36-23-26-55-45(29-36)46-30-37(63-2)24-27-56(46)68(55)40-33-50-60(65-35-40)59-49(32-39(34-64-59)67-53-20-10-5-15-43(53)44-16-6-11-21-54(44)67)61(50)47-17-7-12-22-57(47)69-58-28-25-38(31-48(58)61)66-51-18-8-3-13-41(51)42-14-4-9-19-52(42)66/h3-35H. The van der Waals surface area contributed by atoms with E-state index >= 15 is 0 Å². The van der Waals surface area contributed by atoms with Crippen LogP contribution in [-0.2, 0) is 5.41 Å². The van der Waals surface area contributed by atoms with Gasteiger partial charge in [-0.05, 0) is 95.7 Å². The number of ether oxygens (including phenoxy) is 1. The van der Waals surface area contributed by atoms with Crippen LogP contribution in [0.15, 0.2) is 200 Å². The third kappa shape index (κ3) is 4.88. The van der Waals surface area contributed by atoms with Crippen LogP contribution in [0.2, 0.25) is 0 Å². The molecule has 318 valence electrons. The lowest BCUT2D eigenvalue weighted by molar-refractivity contribution is 0.436. The van der Waals surface area contributed by atoms with Crippen LogP contribution in [0.25, 0.3) is 104 Å². The number of rotatable bonds is 3. The Morgan fingerprint density at radius 3 is 1.26 bits per heavy atom. The van der Waals surface area contributed by atoms with Crippen molar-refractivity contribution in [2.24, 2.45) is 0 Å². The van der Waals surface area contributed by atoms with Crippen molar-refractivity contribution < 1.29 is 4.74 Å². The highest BCUT2D eigenvalue weighted by Gasteiger charge is 2.53. The summed E-state index contributed by atoms with van der Waals surface area (Å²) in [5.41, 5.74) is 14.7. The highest BCUT2D eigenvalue weighted by atomic mass is 16.5. The van der Waals surface area contributed by atoms with Gasteiger partial charge in [0, 0.05) is 49.5 Å². The number of aromatic nitrogens is 5. The maximum absolute atomic E-state index is 7.87. The Labute approximate surface area is 394 Å². The molecule has 1 unspecified atom stereocenters. The van der Waals surface area contributed by atoms with Crippen LogP contribution in [0.3, 0.4) is 0 Å². The van der Waals surface area contributed by atoms with Crippen molar-refractivity contribution in [3.8, 4) is 39.9 Å². The van der Waals surface area contributed by atoms with Gasteiger partial charge in [-0.15, -0.1) is 0 Å². The second-order valence-electron chi connectivity index (χ2n) is 17.9. The van der Waals surface area contributed by atoms with Gasteiger partial charge in [0.25, 0.3) is 0 Å². The molecule has 15 rings (SSSR count). The van der Waals surface area contributed by atoms with Gasteiger partial charge >= 0.3 is 0 Å². The monoisotopic (exact) mass is 879 g/mol. The van der Waals surface area contributed by atoms with Crippen LogP contribution in [0.4, 0.5) is 11.4 Å². The van der Waals surface area contributed by atoms with Gasteiger partial charge in [0.15, 0.2) is 11.4 Å². The van der Waals surface area contributed by atoms with E-state index in [1.165, 1.54) is 21.5 Å². The van der Waals surface area contributed by atoms with E-state index in [9.17, 15) is 0 Å². The van der Waals surface area contributed by atoms with E-state index in [0.29, 0.717) is 11.4 Å². The fraction of sp³-hybridized carbons (Fsp3) is 0.0164. The number of pyridine rings is 2. The molecule has 1 aliphatic carbocycles. The third-order valence-corrected chi connectivity index (χ3v) is 14.6. The minimum Gasteiger partial charge on any atom is -0.457 e. The first-order chi connectivity index (χ1) is 34.1. The van der Waals surface area contributed by atoms with Crippen molar-refractivity contribution in [2.75, 3.05) is 0 Å². The van der Waals surface area contributed by atoms with E-state index in [1.807, 2.05) is 54.9 Å². The average Bonchev–Trinajstić information content (AvgIpc) is 4.12. The first-order valence-electron chi connectivity index (χ1n) is 22.9. The van der Waals surface area contributed by atoms with Crippen molar-refractivity contribution in [1.29, 1.82) is 0 Å². The van der Waals surface area contributed by atoms with Crippen LogP contribution in [0, 0.1) is 13.1 Å². The fourth-order valence-corrected chi connectivity index (χ4v) is 11.8. The maximum atomic E-state index is 7.87. The molecule has 8 nitrogen and oxygen atoms in total. The largest absolute Gasteiger partial charge is 0.457 e. The highest BCUT2D eigenvalue weighted by Crippen LogP contribution is 2.62. The molecule has 0 bridgehead atoms. The summed E-state index contributed by atoms with van der Waals surface area (Å²) in [6.07, 6.45) is 3.93.